The molecule has 0 aliphatic carbocycles. The summed E-state index contributed by atoms with van der Waals surface area (Å²) in [6.07, 6.45) is 3.07. The van der Waals surface area contributed by atoms with E-state index in [0.717, 1.165) is 48.3 Å². The fourth-order valence-electron chi connectivity index (χ4n) is 4.37. The van der Waals surface area contributed by atoms with E-state index in [9.17, 15) is 4.79 Å². The molecule has 0 spiro atoms. The largest absolute Gasteiger partial charge is 0.347 e. The van der Waals surface area contributed by atoms with Gasteiger partial charge in [-0.05, 0) is 38.0 Å². The summed E-state index contributed by atoms with van der Waals surface area (Å²) in [4.78, 5) is 14.8. The summed E-state index contributed by atoms with van der Waals surface area (Å²) >= 11 is 1.47. The quantitative estimate of drug-likeness (QED) is 0.418. The number of fused-ring (bicyclic) bond motifs is 2. The van der Waals surface area contributed by atoms with E-state index in [1.165, 1.54) is 28.2 Å². The van der Waals surface area contributed by atoms with Gasteiger partial charge in [-0.1, -0.05) is 48.2 Å². The second kappa shape index (κ2) is 8.23. The van der Waals surface area contributed by atoms with E-state index in [0.29, 0.717) is 5.75 Å². The Bertz CT molecular complexity index is 1260. The van der Waals surface area contributed by atoms with Gasteiger partial charge < -0.3 is 14.0 Å². The van der Waals surface area contributed by atoms with Crippen LogP contribution >= 0.6 is 11.8 Å². The van der Waals surface area contributed by atoms with Crippen molar-refractivity contribution in [3.63, 3.8) is 0 Å². The standard InChI is InChI=1S/C24H25N5OS/c1-3-27-15-19(18-10-6-8-12-21(18)27)23-25-26-24(28(23)4-2)31-16-22(30)29-14-13-17-9-5-7-11-20(17)29/h5-12,15H,3-4,13-14,16H2,1-2H3. The Morgan fingerprint density at radius 3 is 2.68 bits per heavy atom. The number of thioether (sulfide) groups is 1. The van der Waals surface area contributed by atoms with Gasteiger partial charge in [-0.3, -0.25) is 4.79 Å². The van der Waals surface area contributed by atoms with Crippen molar-refractivity contribution in [3.05, 3.63) is 60.3 Å². The van der Waals surface area contributed by atoms with Crippen LogP contribution in [0.25, 0.3) is 22.3 Å². The Balaban J connectivity index is 1.40. The fourth-order valence-corrected chi connectivity index (χ4v) is 5.25. The van der Waals surface area contributed by atoms with Crippen molar-refractivity contribution in [1.82, 2.24) is 19.3 Å². The number of rotatable bonds is 6. The van der Waals surface area contributed by atoms with Crippen LogP contribution in [0.3, 0.4) is 0 Å². The van der Waals surface area contributed by atoms with Crippen molar-refractivity contribution >= 4 is 34.3 Å². The minimum atomic E-state index is 0.115. The van der Waals surface area contributed by atoms with Gasteiger partial charge in [0.1, 0.15) is 0 Å². The third-order valence-corrected chi connectivity index (χ3v) is 6.87. The van der Waals surface area contributed by atoms with Crippen LogP contribution in [-0.4, -0.2) is 37.5 Å². The molecule has 2 aromatic heterocycles. The zero-order chi connectivity index (χ0) is 21.4. The highest BCUT2D eigenvalue weighted by molar-refractivity contribution is 7.99. The molecule has 158 valence electrons. The van der Waals surface area contributed by atoms with Crippen LogP contribution in [-0.2, 0) is 24.3 Å². The average Bonchev–Trinajstić information content (AvgIpc) is 3.51. The molecule has 31 heavy (non-hydrogen) atoms. The second-order valence-corrected chi connectivity index (χ2v) is 8.55. The number of carbonyl (C=O) groups is 1. The normalized spacial score (nSPS) is 13.2. The Kier molecular flexibility index (Phi) is 5.28. The molecule has 1 aliphatic heterocycles. The molecule has 0 N–H and O–H groups in total. The molecular weight excluding hydrogens is 406 g/mol. The zero-order valence-corrected chi connectivity index (χ0v) is 18.6. The van der Waals surface area contributed by atoms with Crippen molar-refractivity contribution < 1.29 is 4.79 Å². The molecule has 0 unspecified atom stereocenters. The molecule has 3 heterocycles. The van der Waals surface area contributed by atoms with Crippen molar-refractivity contribution in [2.24, 2.45) is 0 Å². The van der Waals surface area contributed by atoms with Crippen molar-refractivity contribution in [3.8, 4) is 11.4 Å². The molecule has 4 aromatic rings. The van der Waals surface area contributed by atoms with Gasteiger partial charge in [0.2, 0.25) is 5.91 Å². The Hall–Kier alpha value is -3.06. The summed E-state index contributed by atoms with van der Waals surface area (Å²) in [5.74, 6) is 1.32. The highest BCUT2D eigenvalue weighted by Crippen LogP contribution is 2.33. The monoisotopic (exact) mass is 431 g/mol. The lowest BCUT2D eigenvalue weighted by Crippen LogP contribution is -2.30. The van der Waals surface area contributed by atoms with E-state index in [1.807, 2.05) is 23.1 Å². The van der Waals surface area contributed by atoms with Crippen molar-refractivity contribution in [1.29, 1.82) is 0 Å². The smallest absolute Gasteiger partial charge is 0.237 e. The van der Waals surface area contributed by atoms with Gasteiger partial charge in [0, 0.05) is 48.0 Å². The first-order valence-corrected chi connectivity index (χ1v) is 11.7. The number of hydrogen-bond donors (Lipinski definition) is 0. The van der Waals surface area contributed by atoms with E-state index in [-0.39, 0.29) is 5.91 Å². The maximum Gasteiger partial charge on any atom is 0.237 e. The molecule has 6 nitrogen and oxygen atoms in total. The molecule has 0 bridgehead atoms. The first-order chi connectivity index (χ1) is 15.2. The number of anilines is 1. The van der Waals surface area contributed by atoms with E-state index >= 15 is 0 Å². The topological polar surface area (TPSA) is 56.0 Å². The fraction of sp³-hybridized carbons (Fsp3) is 0.292. The van der Waals surface area contributed by atoms with Gasteiger partial charge in [0.05, 0.1) is 5.75 Å². The molecule has 0 saturated carbocycles. The lowest BCUT2D eigenvalue weighted by atomic mass is 10.1. The second-order valence-electron chi connectivity index (χ2n) is 7.61. The van der Waals surface area contributed by atoms with Gasteiger partial charge >= 0.3 is 0 Å². The molecule has 0 atom stereocenters. The van der Waals surface area contributed by atoms with Crippen LogP contribution in [0.1, 0.15) is 19.4 Å². The lowest BCUT2D eigenvalue weighted by Gasteiger charge is -2.17. The Labute approximate surface area is 185 Å². The van der Waals surface area contributed by atoms with Crippen LogP contribution < -0.4 is 4.90 Å². The van der Waals surface area contributed by atoms with Crippen LogP contribution in [0.15, 0.2) is 59.9 Å². The molecule has 1 aliphatic rings. The van der Waals surface area contributed by atoms with Crippen LogP contribution in [0.5, 0.6) is 0 Å². The number of nitrogens with zero attached hydrogens (tertiary/aromatic N) is 5. The predicted molar refractivity (Wildman–Crippen MR) is 126 cm³/mol. The maximum absolute atomic E-state index is 12.9. The van der Waals surface area contributed by atoms with E-state index in [4.69, 9.17) is 0 Å². The molecule has 0 saturated heterocycles. The van der Waals surface area contributed by atoms with Gasteiger partial charge in [0.15, 0.2) is 11.0 Å². The van der Waals surface area contributed by atoms with Crippen LogP contribution in [0.2, 0.25) is 0 Å². The SMILES string of the molecule is CCn1c(SCC(=O)N2CCc3ccccc32)nnc1-c1cn(CC)c2ccccc12. The molecule has 7 heteroatoms. The summed E-state index contributed by atoms with van der Waals surface area (Å²) in [6, 6.07) is 16.5. The van der Waals surface area contributed by atoms with E-state index in [1.54, 1.807) is 0 Å². The number of aryl methyl sites for hydroxylation is 1. The molecule has 0 fully saturated rings. The van der Waals surface area contributed by atoms with Gasteiger partial charge in [-0.2, -0.15) is 0 Å². The number of hydrogen-bond acceptors (Lipinski definition) is 4. The number of carbonyl (C=O) groups excluding carboxylic acids is 1. The zero-order valence-electron chi connectivity index (χ0n) is 17.8. The summed E-state index contributed by atoms with van der Waals surface area (Å²) < 4.78 is 4.35. The minimum Gasteiger partial charge on any atom is -0.347 e. The number of benzene rings is 2. The number of aromatic nitrogens is 4. The van der Waals surface area contributed by atoms with Gasteiger partial charge in [-0.25, -0.2) is 0 Å². The van der Waals surface area contributed by atoms with Crippen molar-refractivity contribution in [2.75, 3.05) is 17.2 Å². The summed E-state index contributed by atoms with van der Waals surface area (Å²) in [7, 11) is 0. The first-order valence-electron chi connectivity index (χ1n) is 10.7. The van der Waals surface area contributed by atoms with Gasteiger partial charge in [-0.15, -0.1) is 10.2 Å². The van der Waals surface area contributed by atoms with E-state index in [2.05, 4.69) is 69.7 Å². The van der Waals surface area contributed by atoms with Crippen LogP contribution in [0, 0.1) is 0 Å². The molecule has 2 aromatic carbocycles. The Morgan fingerprint density at radius 2 is 1.84 bits per heavy atom. The van der Waals surface area contributed by atoms with Gasteiger partial charge in [0.25, 0.3) is 0 Å². The predicted octanol–water partition coefficient (Wildman–Crippen LogP) is 4.62. The molecule has 1 amide bonds. The highest BCUT2D eigenvalue weighted by atomic mass is 32.2. The Morgan fingerprint density at radius 1 is 1.03 bits per heavy atom. The summed E-state index contributed by atoms with van der Waals surface area (Å²) in [5.41, 5.74) is 4.56. The number of para-hydroxylation sites is 2. The van der Waals surface area contributed by atoms with Crippen LogP contribution in [0.4, 0.5) is 5.69 Å². The number of amides is 1. The summed E-state index contributed by atoms with van der Waals surface area (Å²) in [5, 5.41) is 10.9. The highest BCUT2D eigenvalue weighted by Gasteiger charge is 2.25. The molecule has 0 radical (unpaired) electrons. The summed E-state index contributed by atoms with van der Waals surface area (Å²) in [6.45, 7) is 6.63. The minimum absolute atomic E-state index is 0.115. The third-order valence-electron chi connectivity index (χ3n) is 5.92. The third kappa shape index (κ3) is 3.43. The average molecular weight is 432 g/mol. The maximum atomic E-state index is 12.9. The van der Waals surface area contributed by atoms with Crippen molar-refractivity contribution in [2.45, 2.75) is 38.5 Å². The first kappa shape index (κ1) is 19.9. The molecular formula is C24H25N5OS. The lowest BCUT2D eigenvalue weighted by molar-refractivity contribution is -0.116. The van der Waals surface area contributed by atoms with E-state index < -0.39 is 0 Å². The molecule has 5 rings (SSSR count).